The van der Waals surface area contributed by atoms with E-state index in [9.17, 15) is 8.42 Å². The van der Waals surface area contributed by atoms with Crippen molar-refractivity contribution in [3.8, 4) is 0 Å². The molecular weight excluding hydrogens is 212 g/mol. The van der Waals surface area contributed by atoms with Gasteiger partial charge in [0, 0.05) is 29.9 Å². The molecule has 4 nitrogen and oxygen atoms in total. The molecule has 0 amide bonds. The second-order valence-electron chi connectivity index (χ2n) is 3.50. The predicted octanol–water partition coefficient (Wildman–Crippen LogP) is 1.03. The first-order valence-electron chi connectivity index (χ1n) is 4.52. The van der Waals surface area contributed by atoms with Gasteiger partial charge in [0.15, 0.2) is 9.84 Å². The Labute approximate surface area is 88.0 Å². The molecule has 1 heterocycles. The van der Waals surface area contributed by atoms with Crippen LogP contribution in [0.4, 0.5) is 0 Å². The van der Waals surface area contributed by atoms with Gasteiger partial charge in [-0.05, 0) is 17.7 Å². The number of hydrogen-bond donors (Lipinski definition) is 2. The van der Waals surface area contributed by atoms with Gasteiger partial charge in [-0.2, -0.15) is 0 Å². The summed E-state index contributed by atoms with van der Waals surface area (Å²) in [6.45, 7) is 0.443. The largest absolute Gasteiger partial charge is 0.361 e. The van der Waals surface area contributed by atoms with Gasteiger partial charge < -0.3 is 10.7 Å². The van der Waals surface area contributed by atoms with Crippen LogP contribution >= 0.6 is 0 Å². The van der Waals surface area contributed by atoms with Crippen molar-refractivity contribution in [3.05, 3.63) is 30.0 Å². The lowest BCUT2D eigenvalue weighted by molar-refractivity contribution is 0.602. The maximum absolute atomic E-state index is 11.3. The van der Waals surface area contributed by atoms with Crippen LogP contribution in [0.15, 0.2) is 29.3 Å². The first kappa shape index (κ1) is 10.2. The fraction of sp³-hybridized carbons (Fsp3) is 0.200. The van der Waals surface area contributed by atoms with Crippen LogP contribution in [0.2, 0.25) is 0 Å². The van der Waals surface area contributed by atoms with Crippen LogP contribution < -0.4 is 5.73 Å². The van der Waals surface area contributed by atoms with E-state index in [0.29, 0.717) is 11.4 Å². The summed E-state index contributed by atoms with van der Waals surface area (Å²) in [5, 5.41) is 0.977. The zero-order valence-corrected chi connectivity index (χ0v) is 9.14. The molecule has 2 aromatic rings. The summed E-state index contributed by atoms with van der Waals surface area (Å²) in [5.41, 5.74) is 7.34. The van der Waals surface area contributed by atoms with Crippen molar-refractivity contribution in [3.63, 3.8) is 0 Å². The molecule has 5 heteroatoms. The molecule has 1 aromatic carbocycles. The maximum Gasteiger partial charge on any atom is 0.175 e. The molecule has 0 atom stereocenters. The molecule has 0 spiro atoms. The first-order chi connectivity index (χ1) is 7.02. The Bertz CT molecular complexity index is 599. The second-order valence-corrected chi connectivity index (χ2v) is 5.51. The second kappa shape index (κ2) is 3.36. The maximum atomic E-state index is 11.3. The normalized spacial score (nSPS) is 12.1. The number of H-pyrrole nitrogens is 1. The average Bonchev–Trinajstić information content (AvgIpc) is 2.58. The topological polar surface area (TPSA) is 75.9 Å². The highest BCUT2D eigenvalue weighted by Crippen LogP contribution is 2.21. The highest BCUT2D eigenvalue weighted by molar-refractivity contribution is 7.90. The zero-order valence-electron chi connectivity index (χ0n) is 8.32. The smallest absolute Gasteiger partial charge is 0.175 e. The van der Waals surface area contributed by atoms with Crippen molar-refractivity contribution in [1.82, 2.24) is 4.98 Å². The molecule has 2 rings (SSSR count). The molecule has 1 aromatic heterocycles. The molecule has 0 bridgehead atoms. The van der Waals surface area contributed by atoms with Gasteiger partial charge in [0.1, 0.15) is 0 Å². The summed E-state index contributed by atoms with van der Waals surface area (Å²) < 4.78 is 22.6. The lowest BCUT2D eigenvalue weighted by Crippen LogP contribution is -1.97. The molecular formula is C10H12N2O2S. The molecule has 3 N–H and O–H groups in total. The average molecular weight is 224 g/mol. The van der Waals surface area contributed by atoms with E-state index in [0.717, 1.165) is 16.5 Å². The number of aromatic amines is 1. The Kier molecular flexibility index (Phi) is 2.28. The highest BCUT2D eigenvalue weighted by atomic mass is 32.2. The number of hydrogen-bond acceptors (Lipinski definition) is 3. The molecule has 0 saturated carbocycles. The van der Waals surface area contributed by atoms with Crippen LogP contribution in [0.1, 0.15) is 5.56 Å². The summed E-state index contributed by atoms with van der Waals surface area (Å²) in [6, 6.07) is 5.01. The Balaban J connectivity index is 2.69. The van der Waals surface area contributed by atoms with Gasteiger partial charge in [0.05, 0.1) is 4.90 Å². The summed E-state index contributed by atoms with van der Waals surface area (Å²) >= 11 is 0. The fourth-order valence-corrected chi connectivity index (χ4v) is 2.21. The molecule has 0 aliphatic heterocycles. The summed E-state index contributed by atoms with van der Waals surface area (Å²) in [4.78, 5) is 3.33. The van der Waals surface area contributed by atoms with E-state index in [1.165, 1.54) is 6.26 Å². The van der Waals surface area contributed by atoms with Crippen LogP contribution in [-0.4, -0.2) is 19.7 Å². The minimum absolute atomic E-state index is 0.320. The molecule has 0 unspecified atom stereocenters. The van der Waals surface area contributed by atoms with Gasteiger partial charge in [-0.3, -0.25) is 0 Å². The number of rotatable bonds is 2. The van der Waals surface area contributed by atoms with Gasteiger partial charge >= 0.3 is 0 Å². The molecule has 0 fully saturated rings. The molecule has 0 saturated heterocycles. The SMILES string of the molecule is CS(=O)(=O)c1ccc2c(CN)c[nH]c2c1. The Morgan fingerprint density at radius 1 is 1.40 bits per heavy atom. The van der Waals surface area contributed by atoms with E-state index in [1.807, 2.05) is 0 Å². The van der Waals surface area contributed by atoms with Crippen LogP contribution in [0.25, 0.3) is 10.9 Å². The van der Waals surface area contributed by atoms with Crippen molar-refractivity contribution in [2.45, 2.75) is 11.4 Å². The van der Waals surface area contributed by atoms with E-state index < -0.39 is 9.84 Å². The standard InChI is InChI=1S/C10H12N2O2S/c1-15(13,14)8-2-3-9-7(5-11)6-12-10(9)4-8/h2-4,6,12H,5,11H2,1H3. The minimum atomic E-state index is -3.14. The fourth-order valence-electron chi connectivity index (χ4n) is 1.56. The summed E-state index contributed by atoms with van der Waals surface area (Å²) in [5.74, 6) is 0. The number of nitrogens with one attached hydrogen (secondary N) is 1. The van der Waals surface area contributed by atoms with Gasteiger partial charge in [-0.15, -0.1) is 0 Å². The Morgan fingerprint density at radius 2 is 2.13 bits per heavy atom. The number of sulfone groups is 1. The van der Waals surface area contributed by atoms with Crippen molar-refractivity contribution >= 4 is 20.7 Å². The van der Waals surface area contributed by atoms with Crippen LogP contribution in [0, 0.1) is 0 Å². The lowest BCUT2D eigenvalue weighted by Gasteiger charge is -1.98. The van der Waals surface area contributed by atoms with Crippen LogP contribution in [-0.2, 0) is 16.4 Å². The molecule has 0 aliphatic carbocycles. The Hall–Kier alpha value is -1.33. The minimum Gasteiger partial charge on any atom is -0.361 e. The van der Waals surface area contributed by atoms with E-state index >= 15 is 0 Å². The van der Waals surface area contributed by atoms with Gasteiger partial charge in [-0.1, -0.05) is 6.07 Å². The Morgan fingerprint density at radius 3 is 2.73 bits per heavy atom. The van der Waals surface area contributed by atoms with Crippen molar-refractivity contribution in [2.75, 3.05) is 6.26 Å². The van der Waals surface area contributed by atoms with Crippen molar-refractivity contribution in [1.29, 1.82) is 0 Å². The lowest BCUT2D eigenvalue weighted by atomic mass is 10.2. The number of aromatic nitrogens is 1. The molecule has 15 heavy (non-hydrogen) atoms. The number of fused-ring (bicyclic) bond motifs is 1. The first-order valence-corrected chi connectivity index (χ1v) is 6.41. The van der Waals surface area contributed by atoms with Crippen LogP contribution in [0.3, 0.4) is 0 Å². The summed E-state index contributed by atoms with van der Waals surface area (Å²) in [7, 11) is -3.14. The monoisotopic (exact) mass is 224 g/mol. The van der Waals surface area contributed by atoms with Crippen molar-refractivity contribution in [2.24, 2.45) is 5.73 Å². The van der Waals surface area contributed by atoms with E-state index in [1.54, 1.807) is 24.4 Å². The highest BCUT2D eigenvalue weighted by Gasteiger charge is 2.09. The quantitative estimate of drug-likeness (QED) is 0.800. The summed E-state index contributed by atoms with van der Waals surface area (Å²) in [6.07, 6.45) is 3.00. The van der Waals surface area contributed by atoms with E-state index in [-0.39, 0.29) is 0 Å². The molecule has 80 valence electrons. The van der Waals surface area contributed by atoms with Gasteiger partial charge in [-0.25, -0.2) is 8.42 Å². The number of benzene rings is 1. The molecule has 0 radical (unpaired) electrons. The third-order valence-electron chi connectivity index (χ3n) is 2.39. The molecule has 0 aliphatic rings. The van der Waals surface area contributed by atoms with E-state index in [2.05, 4.69) is 4.98 Å². The zero-order chi connectivity index (χ0) is 11.1. The van der Waals surface area contributed by atoms with E-state index in [4.69, 9.17) is 5.73 Å². The number of nitrogens with two attached hydrogens (primary N) is 1. The van der Waals surface area contributed by atoms with Gasteiger partial charge in [0.2, 0.25) is 0 Å². The third-order valence-corrected chi connectivity index (χ3v) is 3.50. The van der Waals surface area contributed by atoms with Gasteiger partial charge in [0.25, 0.3) is 0 Å². The van der Waals surface area contributed by atoms with Crippen LogP contribution in [0.5, 0.6) is 0 Å². The predicted molar refractivity (Wildman–Crippen MR) is 59.3 cm³/mol. The van der Waals surface area contributed by atoms with Crippen molar-refractivity contribution < 1.29 is 8.42 Å². The third kappa shape index (κ3) is 1.75.